The first-order chi connectivity index (χ1) is 12.5. The Morgan fingerprint density at radius 2 is 1.88 bits per heavy atom. The van der Waals surface area contributed by atoms with Gasteiger partial charge in [0.25, 0.3) is 0 Å². The molecule has 1 aromatic heterocycles. The molecule has 2 fully saturated rings. The summed E-state index contributed by atoms with van der Waals surface area (Å²) in [7, 11) is 0. The minimum atomic E-state index is -0.0196. The summed E-state index contributed by atoms with van der Waals surface area (Å²) in [4.78, 5) is 20.1. The summed E-state index contributed by atoms with van der Waals surface area (Å²) in [5.74, 6) is 0.919. The minimum absolute atomic E-state index is 0.0196. The molecule has 6 nitrogen and oxygen atoms in total. The predicted octanol–water partition coefficient (Wildman–Crippen LogP) is 2.56. The second-order valence-electron chi connectivity index (χ2n) is 8.56. The van der Waals surface area contributed by atoms with E-state index >= 15 is 0 Å². The van der Waals surface area contributed by atoms with Crippen molar-refractivity contribution >= 4 is 10.9 Å². The van der Waals surface area contributed by atoms with Gasteiger partial charge in [-0.1, -0.05) is 18.2 Å². The van der Waals surface area contributed by atoms with Gasteiger partial charge >= 0.3 is 0 Å². The van der Waals surface area contributed by atoms with Crippen LogP contribution in [0, 0.1) is 0 Å². The van der Waals surface area contributed by atoms with Crippen LogP contribution in [0.5, 0.6) is 0 Å². The van der Waals surface area contributed by atoms with Gasteiger partial charge in [0.15, 0.2) is 0 Å². The van der Waals surface area contributed by atoms with Gasteiger partial charge in [-0.25, -0.2) is 9.97 Å². The SMILES string of the molecule is CC(C)(C)NOCN1C2CCC1CN(Cc1ncc3ccccc3n1)C2. The molecule has 4 rings (SSSR count). The van der Waals surface area contributed by atoms with Crippen molar-refractivity contribution in [3.05, 3.63) is 36.3 Å². The third kappa shape index (κ3) is 4.04. The number of hydrogen-bond acceptors (Lipinski definition) is 6. The number of nitrogens with zero attached hydrogens (tertiary/aromatic N) is 4. The quantitative estimate of drug-likeness (QED) is 0.832. The number of rotatable bonds is 5. The van der Waals surface area contributed by atoms with Crippen LogP contribution in [-0.4, -0.2) is 57.2 Å². The van der Waals surface area contributed by atoms with Gasteiger partial charge < -0.3 is 0 Å². The van der Waals surface area contributed by atoms with Crippen LogP contribution in [0.2, 0.25) is 0 Å². The van der Waals surface area contributed by atoms with E-state index in [-0.39, 0.29) is 5.54 Å². The molecule has 3 heterocycles. The Hall–Kier alpha value is -1.60. The first-order valence-electron chi connectivity index (χ1n) is 9.56. The molecule has 140 valence electrons. The van der Waals surface area contributed by atoms with Crippen LogP contribution in [0.15, 0.2) is 30.5 Å². The predicted molar refractivity (Wildman–Crippen MR) is 102 cm³/mol. The van der Waals surface area contributed by atoms with Crippen LogP contribution in [-0.2, 0) is 11.4 Å². The van der Waals surface area contributed by atoms with Crippen LogP contribution in [0.1, 0.15) is 39.4 Å². The number of hydrogen-bond donors (Lipinski definition) is 1. The summed E-state index contributed by atoms with van der Waals surface area (Å²) >= 11 is 0. The first kappa shape index (κ1) is 17.8. The highest BCUT2D eigenvalue weighted by Crippen LogP contribution is 2.30. The van der Waals surface area contributed by atoms with Gasteiger partial charge in [0, 0.05) is 42.3 Å². The van der Waals surface area contributed by atoms with Gasteiger partial charge in [-0.3, -0.25) is 14.6 Å². The van der Waals surface area contributed by atoms with E-state index in [0.29, 0.717) is 18.8 Å². The van der Waals surface area contributed by atoms with E-state index < -0.39 is 0 Å². The van der Waals surface area contributed by atoms with Crippen LogP contribution in [0.25, 0.3) is 10.9 Å². The smallest absolute Gasteiger partial charge is 0.142 e. The Kier molecular flexibility index (Phi) is 4.92. The summed E-state index contributed by atoms with van der Waals surface area (Å²) in [6.07, 6.45) is 4.44. The summed E-state index contributed by atoms with van der Waals surface area (Å²) in [6.45, 7) is 9.95. The van der Waals surface area contributed by atoms with Gasteiger partial charge in [-0.2, -0.15) is 5.48 Å². The van der Waals surface area contributed by atoms with Gasteiger partial charge in [-0.05, 0) is 39.7 Å². The molecule has 1 aromatic carbocycles. The van der Waals surface area contributed by atoms with Crippen molar-refractivity contribution in [1.82, 2.24) is 25.2 Å². The van der Waals surface area contributed by atoms with E-state index in [1.807, 2.05) is 18.3 Å². The molecule has 6 heteroatoms. The van der Waals surface area contributed by atoms with Gasteiger partial charge in [0.1, 0.15) is 12.6 Å². The number of para-hydroxylation sites is 1. The van der Waals surface area contributed by atoms with Crippen molar-refractivity contribution in [2.75, 3.05) is 19.8 Å². The molecule has 2 aromatic rings. The molecule has 0 radical (unpaired) electrons. The Labute approximate surface area is 155 Å². The molecule has 26 heavy (non-hydrogen) atoms. The second-order valence-corrected chi connectivity index (χ2v) is 8.56. The number of likely N-dealkylation sites (tertiary alicyclic amines) is 1. The number of fused-ring (bicyclic) bond motifs is 3. The van der Waals surface area contributed by atoms with E-state index in [0.717, 1.165) is 36.4 Å². The minimum Gasteiger partial charge on any atom is -0.293 e. The maximum Gasteiger partial charge on any atom is 0.142 e. The van der Waals surface area contributed by atoms with Crippen molar-refractivity contribution in [3.63, 3.8) is 0 Å². The van der Waals surface area contributed by atoms with Crippen molar-refractivity contribution in [1.29, 1.82) is 0 Å². The molecule has 2 bridgehead atoms. The maximum atomic E-state index is 5.75. The summed E-state index contributed by atoms with van der Waals surface area (Å²) in [6, 6.07) is 9.31. The lowest BCUT2D eigenvalue weighted by Crippen LogP contribution is -2.55. The highest BCUT2D eigenvalue weighted by molar-refractivity contribution is 5.77. The molecule has 0 amide bonds. The molecule has 0 spiro atoms. The van der Waals surface area contributed by atoms with Crippen LogP contribution < -0.4 is 5.48 Å². The number of benzene rings is 1. The monoisotopic (exact) mass is 355 g/mol. The lowest BCUT2D eigenvalue weighted by Gasteiger charge is -2.40. The van der Waals surface area contributed by atoms with Gasteiger partial charge in [0.2, 0.25) is 0 Å². The number of aromatic nitrogens is 2. The zero-order chi connectivity index (χ0) is 18.1. The summed E-state index contributed by atoms with van der Waals surface area (Å²) < 4.78 is 0. The lowest BCUT2D eigenvalue weighted by atomic mass is 10.1. The Morgan fingerprint density at radius 1 is 1.15 bits per heavy atom. The van der Waals surface area contributed by atoms with E-state index in [2.05, 4.69) is 53.2 Å². The fourth-order valence-corrected chi connectivity index (χ4v) is 4.03. The standard InChI is InChI=1S/C20H29N5O/c1-20(2,3)23-26-14-25-16-8-9-17(25)12-24(11-16)13-19-21-10-15-6-4-5-7-18(15)22-19/h4-7,10,16-17,23H,8-9,11-14H2,1-3H3. The molecule has 0 aliphatic carbocycles. The van der Waals surface area contributed by atoms with Crippen molar-refractivity contribution in [2.45, 2.75) is 57.8 Å². The Bertz CT molecular complexity index is 745. The number of nitrogens with one attached hydrogen (secondary N) is 1. The zero-order valence-electron chi connectivity index (χ0n) is 16.0. The molecule has 2 saturated heterocycles. The van der Waals surface area contributed by atoms with Crippen LogP contribution >= 0.6 is 0 Å². The third-order valence-corrected chi connectivity index (χ3v) is 5.20. The van der Waals surface area contributed by atoms with E-state index in [1.54, 1.807) is 0 Å². The van der Waals surface area contributed by atoms with Gasteiger partial charge in [-0.15, -0.1) is 0 Å². The molecular weight excluding hydrogens is 326 g/mol. The van der Waals surface area contributed by atoms with E-state index in [1.165, 1.54) is 12.8 Å². The van der Waals surface area contributed by atoms with Crippen molar-refractivity contribution in [2.24, 2.45) is 0 Å². The summed E-state index contributed by atoms with van der Waals surface area (Å²) in [5, 5.41) is 1.10. The fraction of sp³-hybridized carbons (Fsp3) is 0.600. The van der Waals surface area contributed by atoms with E-state index in [9.17, 15) is 0 Å². The Morgan fingerprint density at radius 3 is 2.62 bits per heavy atom. The van der Waals surface area contributed by atoms with Crippen LogP contribution in [0.3, 0.4) is 0 Å². The molecule has 2 aliphatic heterocycles. The highest BCUT2D eigenvalue weighted by atomic mass is 16.7. The fourth-order valence-electron chi connectivity index (χ4n) is 4.03. The average Bonchev–Trinajstić information content (AvgIpc) is 2.83. The lowest BCUT2D eigenvalue weighted by molar-refractivity contribution is -0.0963. The molecule has 2 atom stereocenters. The molecule has 2 aliphatic rings. The molecule has 2 unspecified atom stereocenters. The number of hydroxylamine groups is 1. The molecule has 0 saturated carbocycles. The van der Waals surface area contributed by atoms with Crippen molar-refractivity contribution in [3.8, 4) is 0 Å². The summed E-state index contributed by atoms with van der Waals surface area (Å²) in [5.41, 5.74) is 4.14. The molecule has 1 N–H and O–H groups in total. The van der Waals surface area contributed by atoms with Crippen LogP contribution in [0.4, 0.5) is 0 Å². The maximum absolute atomic E-state index is 5.75. The number of piperazine rings is 1. The Balaban J connectivity index is 1.36. The molecular formula is C20H29N5O. The first-order valence-corrected chi connectivity index (χ1v) is 9.56. The van der Waals surface area contributed by atoms with Gasteiger partial charge in [0.05, 0.1) is 12.1 Å². The normalized spacial score (nSPS) is 24.4. The second kappa shape index (κ2) is 7.19. The third-order valence-electron chi connectivity index (χ3n) is 5.20. The topological polar surface area (TPSA) is 53.5 Å². The zero-order valence-corrected chi connectivity index (χ0v) is 16.0. The largest absolute Gasteiger partial charge is 0.293 e. The van der Waals surface area contributed by atoms with Crippen molar-refractivity contribution < 1.29 is 4.84 Å². The highest BCUT2D eigenvalue weighted by Gasteiger charge is 2.40. The van der Waals surface area contributed by atoms with E-state index in [4.69, 9.17) is 9.82 Å². The average molecular weight is 355 g/mol.